The first-order valence-corrected chi connectivity index (χ1v) is 7.63. The van der Waals surface area contributed by atoms with Crippen LogP contribution in [0.25, 0.3) is 5.69 Å². The molecule has 1 aromatic carbocycles. The summed E-state index contributed by atoms with van der Waals surface area (Å²) in [5, 5.41) is 6.85. The summed E-state index contributed by atoms with van der Waals surface area (Å²) in [5.74, 6) is -0.0252. The first-order valence-electron chi connectivity index (χ1n) is 7.63. The maximum Gasteiger partial charge on any atom is 0.260 e. The molecule has 0 atom stereocenters. The molecule has 0 aliphatic heterocycles. The molecule has 2 heterocycles. The molecule has 6 nitrogen and oxygen atoms in total. The average Bonchev–Trinajstić information content (AvgIpc) is 2.97. The largest absolute Gasteiger partial charge is 0.493 e. The second-order valence-corrected chi connectivity index (χ2v) is 5.46. The number of hydrogen-bond acceptors (Lipinski definition) is 4. The number of carbonyl (C=O) groups is 1. The van der Waals surface area contributed by atoms with E-state index in [1.165, 1.54) is 24.1 Å². The van der Waals surface area contributed by atoms with Crippen LogP contribution in [0.2, 0.25) is 0 Å². The van der Waals surface area contributed by atoms with Gasteiger partial charge in [0.1, 0.15) is 11.5 Å². The number of nitrogens with one attached hydrogen (secondary N) is 1. The summed E-state index contributed by atoms with van der Waals surface area (Å²) in [4.78, 5) is 16.9. The zero-order valence-electron chi connectivity index (χ0n) is 14.1. The van der Waals surface area contributed by atoms with Crippen molar-refractivity contribution in [3.8, 4) is 11.4 Å². The lowest BCUT2D eigenvalue weighted by atomic mass is 10.2. The summed E-state index contributed by atoms with van der Waals surface area (Å²) < 4.78 is 20.6. The lowest BCUT2D eigenvalue weighted by Gasteiger charge is -2.10. The number of benzene rings is 1. The molecule has 0 radical (unpaired) electrons. The number of aryl methyl sites for hydroxylation is 1. The topological polar surface area (TPSA) is 69.0 Å². The van der Waals surface area contributed by atoms with Crippen LogP contribution in [0, 0.1) is 19.7 Å². The van der Waals surface area contributed by atoms with E-state index in [0.29, 0.717) is 22.8 Å². The molecular weight excluding hydrogens is 323 g/mol. The fraction of sp³-hybridized carbons (Fsp3) is 0.167. The Balaban J connectivity index is 1.92. The fourth-order valence-electron chi connectivity index (χ4n) is 2.47. The van der Waals surface area contributed by atoms with Crippen molar-refractivity contribution in [1.29, 1.82) is 0 Å². The quantitative estimate of drug-likeness (QED) is 0.791. The lowest BCUT2D eigenvalue weighted by Crippen LogP contribution is -2.15. The zero-order valence-corrected chi connectivity index (χ0v) is 14.1. The van der Waals surface area contributed by atoms with Gasteiger partial charge >= 0.3 is 0 Å². The molecule has 0 unspecified atom stereocenters. The third kappa shape index (κ3) is 3.21. The summed E-state index contributed by atoms with van der Waals surface area (Å²) in [7, 11) is 1.50. The van der Waals surface area contributed by atoms with Crippen LogP contribution in [0.15, 0.2) is 42.6 Å². The van der Waals surface area contributed by atoms with Gasteiger partial charge in [-0.1, -0.05) is 12.1 Å². The number of pyridine rings is 1. The average molecular weight is 340 g/mol. The first kappa shape index (κ1) is 16.6. The Morgan fingerprint density at radius 3 is 2.68 bits per heavy atom. The molecule has 0 saturated heterocycles. The van der Waals surface area contributed by atoms with Crippen molar-refractivity contribution in [1.82, 2.24) is 14.8 Å². The third-order valence-corrected chi connectivity index (χ3v) is 3.78. The van der Waals surface area contributed by atoms with Crippen molar-refractivity contribution >= 4 is 11.7 Å². The minimum atomic E-state index is -0.414. The number of rotatable bonds is 4. The Morgan fingerprint density at radius 1 is 1.20 bits per heavy atom. The van der Waals surface area contributed by atoms with Gasteiger partial charge in [-0.3, -0.25) is 4.79 Å². The summed E-state index contributed by atoms with van der Waals surface area (Å²) in [6.45, 7) is 3.52. The molecule has 0 spiro atoms. The van der Waals surface area contributed by atoms with E-state index in [2.05, 4.69) is 15.4 Å². The maximum absolute atomic E-state index is 14.0. The van der Waals surface area contributed by atoms with Crippen LogP contribution < -0.4 is 10.1 Å². The van der Waals surface area contributed by atoms with Crippen LogP contribution in [-0.4, -0.2) is 27.8 Å². The molecule has 0 aliphatic carbocycles. The predicted octanol–water partition coefficient (Wildman–Crippen LogP) is 3.28. The van der Waals surface area contributed by atoms with Gasteiger partial charge in [-0.15, -0.1) is 0 Å². The number of ether oxygens (including phenoxy) is 1. The molecule has 25 heavy (non-hydrogen) atoms. The van der Waals surface area contributed by atoms with Crippen molar-refractivity contribution < 1.29 is 13.9 Å². The van der Waals surface area contributed by atoms with Gasteiger partial charge in [0.2, 0.25) is 0 Å². The molecule has 128 valence electrons. The Labute approximate surface area is 144 Å². The Kier molecular flexibility index (Phi) is 4.47. The third-order valence-electron chi connectivity index (χ3n) is 3.78. The molecule has 0 aliphatic rings. The molecule has 7 heteroatoms. The van der Waals surface area contributed by atoms with E-state index in [1.54, 1.807) is 37.3 Å². The number of methoxy groups -OCH3 is 1. The van der Waals surface area contributed by atoms with Crippen molar-refractivity contribution in [2.24, 2.45) is 0 Å². The molecule has 0 fully saturated rings. The van der Waals surface area contributed by atoms with E-state index in [4.69, 9.17) is 4.74 Å². The minimum absolute atomic E-state index is 0.283. The molecule has 3 aromatic rings. The van der Waals surface area contributed by atoms with Gasteiger partial charge in [-0.25, -0.2) is 14.1 Å². The van der Waals surface area contributed by atoms with Crippen molar-refractivity contribution in [2.45, 2.75) is 13.8 Å². The molecule has 0 bridgehead atoms. The van der Waals surface area contributed by atoms with Crippen molar-refractivity contribution in [3.63, 3.8) is 0 Å². The van der Waals surface area contributed by atoms with Crippen LogP contribution in [0.1, 0.15) is 21.7 Å². The number of hydrogen-bond donors (Lipinski definition) is 1. The molecule has 1 amide bonds. The Morgan fingerprint density at radius 2 is 1.96 bits per heavy atom. The molecule has 1 N–H and O–H groups in total. The summed E-state index contributed by atoms with van der Waals surface area (Å²) >= 11 is 0. The van der Waals surface area contributed by atoms with Gasteiger partial charge in [0, 0.05) is 5.69 Å². The summed E-state index contributed by atoms with van der Waals surface area (Å²) in [6.07, 6.45) is 1.40. The van der Waals surface area contributed by atoms with E-state index >= 15 is 0 Å². The Hall–Kier alpha value is -3.22. The van der Waals surface area contributed by atoms with Gasteiger partial charge in [-0.2, -0.15) is 5.10 Å². The van der Waals surface area contributed by atoms with Crippen LogP contribution in [-0.2, 0) is 0 Å². The second-order valence-electron chi connectivity index (χ2n) is 5.46. The standard InChI is InChI=1S/C18H17FN4O2/c1-11-8-9-16(25-3)17(21-11)22-18(24)13-10-20-23(12(13)2)15-7-5-4-6-14(15)19/h4-10H,1-3H3,(H,21,22,24). The van der Waals surface area contributed by atoms with Gasteiger partial charge in [0.05, 0.1) is 24.6 Å². The molecule has 3 rings (SSSR count). The number of anilines is 1. The van der Waals surface area contributed by atoms with E-state index in [0.717, 1.165) is 5.69 Å². The first-order chi connectivity index (χ1) is 12.0. The summed E-state index contributed by atoms with van der Waals surface area (Å²) in [5.41, 5.74) is 1.88. The highest BCUT2D eigenvalue weighted by Gasteiger charge is 2.18. The van der Waals surface area contributed by atoms with Gasteiger partial charge in [0.15, 0.2) is 11.6 Å². The van der Waals surface area contributed by atoms with Gasteiger partial charge in [0.25, 0.3) is 5.91 Å². The highest BCUT2D eigenvalue weighted by Crippen LogP contribution is 2.23. The highest BCUT2D eigenvalue weighted by molar-refractivity contribution is 6.05. The SMILES string of the molecule is COc1ccc(C)nc1NC(=O)c1cnn(-c2ccccc2F)c1C. The van der Waals surface area contributed by atoms with Crippen LogP contribution in [0.4, 0.5) is 10.2 Å². The molecule has 2 aromatic heterocycles. The normalized spacial score (nSPS) is 10.6. The monoisotopic (exact) mass is 340 g/mol. The number of halogens is 1. The Bertz CT molecular complexity index is 937. The number of para-hydroxylation sites is 1. The molecular formula is C18H17FN4O2. The van der Waals surface area contributed by atoms with Gasteiger partial charge in [-0.05, 0) is 38.1 Å². The molecule has 0 saturated carbocycles. The van der Waals surface area contributed by atoms with Crippen LogP contribution >= 0.6 is 0 Å². The fourth-order valence-corrected chi connectivity index (χ4v) is 2.47. The predicted molar refractivity (Wildman–Crippen MR) is 91.7 cm³/mol. The van der Waals surface area contributed by atoms with E-state index in [1.807, 2.05) is 6.92 Å². The van der Waals surface area contributed by atoms with Crippen LogP contribution in [0.3, 0.4) is 0 Å². The van der Waals surface area contributed by atoms with Crippen molar-refractivity contribution in [3.05, 3.63) is 65.4 Å². The lowest BCUT2D eigenvalue weighted by molar-refractivity contribution is 0.102. The second kappa shape index (κ2) is 6.72. The number of nitrogens with zero attached hydrogens (tertiary/aromatic N) is 3. The van der Waals surface area contributed by atoms with Crippen LogP contribution in [0.5, 0.6) is 5.75 Å². The van der Waals surface area contributed by atoms with E-state index < -0.39 is 11.7 Å². The smallest absolute Gasteiger partial charge is 0.260 e. The minimum Gasteiger partial charge on any atom is -0.493 e. The van der Waals surface area contributed by atoms with E-state index in [9.17, 15) is 9.18 Å². The number of aromatic nitrogens is 3. The number of carbonyl (C=O) groups excluding carboxylic acids is 1. The zero-order chi connectivity index (χ0) is 18.0. The number of amides is 1. The maximum atomic E-state index is 14.0. The van der Waals surface area contributed by atoms with Crippen molar-refractivity contribution in [2.75, 3.05) is 12.4 Å². The summed E-state index contributed by atoms with van der Waals surface area (Å²) in [6, 6.07) is 9.77. The highest BCUT2D eigenvalue weighted by atomic mass is 19.1. The van der Waals surface area contributed by atoms with Gasteiger partial charge < -0.3 is 10.1 Å². The van der Waals surface area contributed by atoms with E-state index in [-0.39, 0.29) is 5.69 Å².